The normalized spacial score (nSPS) is 31.0. The van der Waals surface area contributed by atoms with Crippen LogP contribution in [-0.2, 0) is 28.7 Å². The van der Waals surface area contributed by atoms with Gasteiger partial charge in [-0.15, -0.1) is 0 Å². The number of halogens is 1. The van der Waals surface area contributed by atoms with Crippen LogP contribution in [0, 0.1) is 11.8 Å². The van der Waals surface area contributed by atoms with Gasteiger partial charge in [0, 0.05) is 43.9 Å². The van der Waals surface area contributed by atoms with Gasteiger partial charge in [-0.25, -0.2) is 0 Å². The molecule has 4 aliphatic heterocycles. The quantitative estimate of drug-likeness (QED) is 0.239. The van der Waals surface area contributed by atoms with Crippen LogP contribution in [0.15, 0.2) is 78.9 Å². The number of nitrogens with zero attached hydrogens (tertiary/aromatic N) is 3. The molecule has 5 bridgehead atoms. The molecular weight excluding hydrogens is 646 g/mol. The molecule has 0 aromatic heterocycles. The third kappa shape index (κ3) is 6.66. The average molecular weight is 690 g/mol. The van der Waals surface area contributed by atoms with Crippen LogP contribution in [0.3, 0.4) is 0 Å². The number of carbonyl (C=O) groups is 4. The SMILES string of the molecule is C[C@@H]1[C@@H](c2ccccc2)OC(=O)[C@@H]2[C@@H]3C=C[C@]4(O3)[C@H](C(=O)N(c3ccc(Cl)cc3)C/C=C\CCC(=O)N1C)N(CCCCCCO)C(=O)[C@@H]24. The second-order valence-corrected chi connectivity index (χ2v) is 13.8. The molecule has 1 spiro atoms. The van der Waals surface area contributed by atoms with Gasteiger partial charge in [-0.2, -0.15) is 0 Å². The minimum Gasteiger partial charge on any atom is -0.455 e. The number of unbranched alkanes of at least 4 members (excludes halogenated alkanes) is 3. The van der Waals surface area contributed by atoms with Crippen LogP contribution in [0.2, 0.25) is 5.02 Å². The smallest absolute Gasteiger partial charge is 0.313 e. The Morgan fingerprint density at radius 2 is 1.67 bits per heavy atom. The van der Waals surface area contributed by atoms with Gasteiger partial charge >= 0.3 is 5.97 Å². The van der Waals surface area contributed by atoms with Crippen molar-refractivity contribution in [2.45, 2.75) is 75.3 Å². The number of hydrogen-bond acceptors (Lipinski definition) is 7. The maximum atomic E-state index is 14.9. The molecule has 10 nitrogen and oxygen atoms in total. The van der Waals surface area contributed by atoms with E-state index in [1.807, 2.05) is 49.4 Å². The Balaban J connectivity index is 1.42. The van der Waals surface area contributed by atoms with E-state index in [-0.39, 0.29) is 37.3 Å². The van der Waals surface area contributed by atoms with Crippen molar-refractivity contribution >= 4 is 41.0 Å². The van der Waals surface area contributed by atoms with Crippen molar-refractivity contribution in [1.82, 2.24) is 9.80 Å². The molecule has 3 amide bonds. The van der Waals surface area contributed by atoms with Gasteiger partial charge in [0.25, 0.3) is 5.91 Å². The lowest BCUT2D eigenvalue weighted by Gasteiger charge is -2.36. The Morgan fingerprint density at radius 3 is 2.41 bits per heavy atom. The molecule has 4 aliphatic rings. The fourth-order valence-electron chi connectivity index (χ4n) is 7.70. The van der Waals surface area contributed by atoms with Crippen molar-refractivity contribution in [3.8, 4) is 0 Å². The molecule has 0 radical (unpaired) electrons. The molecule has 2 aromatic rings. The molecule has 0 unspecified atom stereocenters. The first-order chi connectivity index (χ1) is 23.7. The highest BCUT2D eigenvalue weighted by molar-refractivity contribution is 6.30. The summed E-state index contributed by atoms with van der Waals surface area (Å²) >= 11 is 6.21. The lowest BCUT2D eigenvalue weighted by atomic mass is 9.74. The number of anilines is 1. The Bertz CT molecular complexity index is 1600. The zero-order valence-electron chi connectivity index (χ0n) is 27.9. The number of allylic oxidation sites excluding steroid dienone is 1. The van der Waals surface area contributed by atoms with E-state index in [0.717, 1.165) is 18.4 Å². The number of cyclic esters (lactones) is 1. The van der Waals surface area contributed by atoms with E-state index in [9.17, 15) is 24.3 Å². The number of likely N-dealkylation sites (N-methyl/N-ethyl adjacent to an activating group) is 1. The topological polar surface area (TPSA) is 117 Å². The molecule has 2 saturated heterocycles. The fourth-order valence-corrected chi connectivity index (χ4v) is 7.82. The summed E-state index contributed by atoms with van der Waals surface area (Å²) in [6.07, 6.45) is 9.26. The van der Waals surface area contributed by atoms with Crippen LogP contribution in [0.4, 0.5) is 5.69 Å². The predicted octanol–water partition coefficient (Wildman–Crippen LogP) is 4.86. The van der Waals surface area contributed by atoms with Crippen LogP contribution in [0.1, 0.15) is 57.1 Å². The number of rotatable bonds is 8. The summed E-state index contributed by atoms with van der Waals surface area (Å²) in [6, 6.07) is 14.7. The lowest BCUT2D eigenvalue weighted by Crippen LogP contribution is -2.56. The molecule has 7 atom stereocenters. The first-order valence-corrected chi connectivity index (χ1v) is 17.6. The summed E-state index contributed by atoms with van der Waals surface area (Å²) in [4.78, 5) is 61.9. The van der Waals surface area contributed by atoms with Gasteiger partial charge in [-0.3, -0.25) is 19.2 Å². The predicted molar refractivity (Wildman–Crippen MR) is 184 cm³/mol. The molecule has 1 N–H and O–H groups in total. The van der Waals surface area contributed by atoms with Crippen LogP contribution in [0.25, 0.3) is 0 Å². The number of hydrogen-bond donors (Lipinski definition) is 1. The number of benzene rings is 2. The number of amides is 3. The molecular formula is C38H44ClN3O7. The summed E-state index contributed by atoms with van der Waals surface area (Å²) in [7, 11) is 1.71. The zero-order valence-corrected chi connectivity index (χ0v) is 28.7. The number of esters is 1. The fraction of sp³-hybridized carbons (Fsp3) is 0.474. The molecule has 49 heavy (non-hydrogen) atoms. The van der Waals surface area contributed by atoms with Gasteiger partial charge in [0.15, 0.2) is 0 Å². The molecule has 2 aromatic carbocycles. The first-order valence-electron chi connectivity index (χ1n) is 17.2. The van der Waals surface area contributed by atoms with Gasteiger partial charge in [-0.1, -0.05) is 79.1 Å². The third-order valence-electron chi connectivity index (χ3n) is 10.4. The molecule has 2 fully saturated rings. The van der Waals surface area contributed by atoms with Crippen LogP contribution < -0.4 is 4.90 Å². The molecule has 0 saturated carbocycles. The number of ether oxygens (including phenoxy) is 2. The lowest BCUT2D eigenvalue weighted by molar-refractivity contribution is -0.164. The summed E-state index contributed by atoms with van der Waals surface area (Å²) in [6.45, 7) is 2.42. The highest BCUT2D eigenvalue weighted by Gasteiger charge is 2.73. The second kappa shape index (κ2) is 14.9. The van der Waals surface area contributed by atoms with E-state index in [0.29, 0.717) is 36.5 Å². The van der Waals surface area contributed by atoms with Gasteiger partial charge in [0.1, 0.15) is 23.7 Å². The van der Waals surface area contributed by atoms with Gasteiger partial charge < -0.3 is 29.3 Å². The molecule has 6 rings (SSSR count). The Morgan fingerprint density at radius 1 is 0.939 bits per heavy atom. The highest BCUT2D eigenvalue weighted by Crippen LogP contribution is 2.56. The maximum absolute atomic E-state index is 14.9. The minimum absolute atomic E-state index is 0.0921. The summed E-state index contributed by atoms with van der Waals surface area (Å²) in [5.74, 6) is -3.32. The van der Waals surface area contributed by atoms with Gasteiger partial charge in [0.05, 0.1) is 18.1 Å². The Kier molecular flexibility index (Phi) is 10.6. The number of likely N-dealkylation sites (tertiary alicyclic amines) is 1. The van der Waals surface area contributed by atoms with Crippen molar-refractivity contribution in [1.29, 1.82) is 0 Å². The monoisotopic (exact) mass is 689 g/mol. The van der Waals surface area contributed by atoms with E-state index in [1.54, 1.807) is 58.2 Å². The molecule has 4 heterocycles. The maximum Gasteiger partial charge on any atom is 0.313 e. The van der Waals surface area contributed by atoms with E-state index in [1.165, 1.54) is 0 Å². The second-order valence-electron chi connectivity index (χ2n) is 13.3. The third-order valence-corrected chi connectivity index (χ3v) is 10.6. The largest absolute Gasteiger partial charge is 0.455 e. The minimum atomic E-state index is -1.36. The molecule has 260 valence electrons. The van der Waals surface area contributed by atoms with E-state index in [4.69, 9.17) is 21.1 Å². The summed E-state index contributed by atoms with van der Waals surface area (Å²) in [5.41, 5.74) is -0.0459. The number of fused-ring (bicyclic) bond motifs is 2. The highest BCUT2D eigenvalue weighted by atomic mass is 35.5. The number of aliphatic hydroxyl groups is 1. The van der Waals surface area contributed by atoms with Crippen molar-refractivity contribution in [3.63, 3.8) is 0 Å². The van der Waals surface area contributed by atoms with Crippen molar-refractivity contribution < 1.29 is 33.8 Å². The van der Waals surface area contributed by atoms with Crippen LogP contribution >= 0.6 is 11.6 Å². The number of aliphatic hydroxyl groups excluding tert-OH is 1. The van der Waals surface area contributed by atoms with Crippen molar-refractivity contribution in [3.05, 3.63) is 89.5 Å². The molecule has 11 heteroatoms. The van der Waals surface area contributed by atoms with E-state index in [2.05, 4.69) is 0 Å². The van der Waals surface area contributed by atoms with Crippen LogP contribution in [-0.4, -0.2) is 89.1 Å². The van der Waals surface area contributed by atoms with Gasteiger partial charge in [-0.05, 0) is 56.0 Å². The standard InChI is InChI=1S/C38H44ClN3O7/c1-25-33(26-13-7-5-8-14-26)48-37(47)31-29-20-21-38(49-29)32(31)35(45)42(23-10-3-4-12-24-43)34(38)36(46)41(28-18-16-27(39)17-19-28)22-11-6-9-15-30(44)40(25)2/h5-8,11,13-14,16-21,25,29,31-34,43H,3-4,9-10,12,15,22-24H2,1-2H3/b11-6-/t25-,29+,31-,32-,33+,34+,38-/m1/s1. The number of carbonyl (C=O) groups excluding carboxylic acids is 4. The summed E-state index contributed by atoms with van der Waals surface area (Å²) in [5, 5.41) is 9.79. The molecule has 0 aliphatic carbocycles. The van der Waals surface area contributed by atoms with Gasteiger partial charge in [0.2, 0.25) is 11.8 Å². The summed E-state index contributed by atoms with van der Waals surface area (Å²) < 4.78 is 12.9. The zero-order chi connectivity index (χ0) is 34.7. The van der Waals surface area contributed by atoms with E-state index < -0.39 is 47.7 Å². The first kappa shape index (κ1) is 34.9. The van der Waals surface area contributed by atoms with Crippen molar-refractivity contribution in [2.75, 3.05) is 31.6 Å². The Labute approximate surface area is 292 Å². The van der Waals surface area contributed by atoms with Crippen molar-refractivity contribution in [2.24, 2.45) is 11.8 Å². The van der Waals surface area contributed by atoms with E-state index >= 15 is 0 Å². The van der Waals surface area contributed by atoms with Crippen LogP contribution in [0.5, 0.6) is 0 Å². The Hall–Kier alpha value is -3.99. The average Bonchev–Trinajstić information content (AvgIpc) is 3.75.